The smallest absolute Gasteiger partial charge is 0.341 e. The highest BCUT2D eigenvalue weighted by Crippen LogP contribution is 2.33. The number of hydrogen-bond acceptors (Lipinski definition) is 5. The molecule has 4 aromatic rings. The van der Waals surface area contributed by atoms with E-state index in [1.807, 2.05) is 4.90 Å². The average molecular weight is 450 g/mol. The Balaban J connectivity index is 1.58. The van der Waals surface area contributed by atoms with Crippen molar-refractivity contribution in [1.82, 2.24) is 9.55 Å². The van der Waals surface area contributed by atoms with Gasteiger partial charge in [0.05, 0.1) is 28.3 Å². The Kier molecular flexibility index (Phi) is 4.96. The van der Waals surface area contributed by atoms with Gasteiger partial charge in [-0.3, -0.25) is 9.78 Å². The monoisotopic (exact) mass is 450 g/mol. The van der Waals surface area contributed by atoms with Crippen molar-refractivity contribution in [3.05, 3.63) is 76.2 Å². The van der Waals surface area contributed by atoms with Crippen molar-refractivity contribution in [1.29, 1.82) is 0 Å². The molecule has 168 valence electrons. The molecule has 0 amide bonds. The Morgan fingerprint density at radius 2 is 1.67 bits per heavy atom. The lowest BCUT2D eigenvalue weighted by atomic mass is 10.0. The molecular weight excluding hydrogens is 430 g/mol. The van der Waals surface area contributed by atoms with Crippen LogP contribution in [0.5, 0.6) is 0 Å². The molecule has 0 spiro atoms. The fraction of sp³-hybridized carbons (Fsp3) is 0.208. The molecular formula is C24H20F2N4O3. The van der Waals surface area contributed by atoms with Crippen molar-refractivity contribution >= 4 is 39.1 Å². The number of benzene rings is 2. The predicted molar refractivity (Wildman–Crippen MR) is 122 cm³/mol. The van der Waals surface area contributed by atoms with Gasteiger partial charge in [0.1, 0.15) is 17.2 Å². The third-order valence-corrected chi connectivity index (χ3v) is 6.14. The summed E-state index contributed by atoms with van der Waals surface area (Å²) in [5.74, 6) is -2.08. The van der Waals surface area contributed by atoms with Crippen LogP contribution in [0, 0.1) is 11.6 Å². The Hall–Kier alpha value is -4.01. The number of pyridine rings is 2. The van der Waals surface area contributed by atoms with Crippen LogP contribution < -0.4 is 15.2 Å². The van der Waals surface area contributed by atoms with Crippen molar-refractivity contribution < 1.29 is 18.7 Å². The van der Waals surface area contributed by atoms with Crippen molar-refractivity contribution in [2.45, 2.75) is 0 Å². The van der Waals surface area contributed by atoms with Gasteiger partial charge < -0.3 is 19.5 Å². The topological polar surface area (TPSA) is 78.7 Å². The highest BCUT2D eigenvalue weighted by molar-refractivity contribution is 6.09. The Morgan fingerprint density at radius 3 is 2.33 bits per heavy atom. The number of anilines is 2. The molecule has 1 aliphatic heterocycles. The van der Waals surface area contributed by atoms with E-state index in [0.29, 0.717) is 42.6 Å². The Bertz CT molecular complexity index is 1460. The number of fused-ring (bicyclic) bond motifs is 3. The lowest BCUT2D eigenvalue weighted by Crippen LogP contribution is -2.47. The number of halogens is 2. The van der Waals surface area contributed by atoms with Crippen molar-refractivity contribution in [3.63, 3.8) is 0 Å². The predicted octanol–water partition coefficient (Wildman–Crippen LogP) is 3.39. The Labute approximate surface area is 187 Å². The van der Waals surface area contributed by atoms with Gasteiger partial charge in [0.25, 0.3) is 0 Å². The zero-order chi connectivity index (χ0) is 23.3. The van der Waals surface area contributed by atoms with Gasteiger partial charge in [-0.25, -0.2) is 13.6 Å². The van der Waals surface area contributed by atoms with Gasteiger partial charge in [0.15, 0.2) is 0 Å². The van der Waals surface area contributed by atoms with Gasteiger partial charge in [-0.2, -0.15) is 0 Å². The number of hydrogen-bond donors (Lipinski definition) is 1. The zero-order valence-corrected chi connectivity index (χ0v) is 17.8. The van der Waals surface area contributed by atoms with Crippen LogP contribution in [-0.4, -0.2) is 46.8 Å². The first-order valence-corrected chi connectivity index (χ1v) is 10.4. The van der Waals surface area contributed by atoms with Crippen molar-refractivity contribution in [2.24, 2.45) is 7.05 Å². The summed E-state index contributed by atoms with van der Waals surface area (Å²) >= 11 is 0. The van der Waals surface area contributed by atoms with Crippen LogP contribution in [0.1, 0.15) is 10.4 Å². The number of carbonyl (C=O) groups is 1. The quantitative estimate of drug-likeness (QED) is 0.482. The lowest BCUT2D eigenvalue weighted by Gasteiger charge is -2.37. The van der Waals surface area contributed by atoms with E-state index in [1.165, 1.54) is 41.2 Å². The van der Waals surface area contributed by atoms with E-state index in [9.17, 15) is 19.1 Å². The van der Waals surface area contributed by atoms with Crippen LogP contribution in [0.4, 0.5) is 20.2 Å². The second kappa shape index (κ2) is 7.84. The molecule has 3 heterocycles. The van der Waals surface area contributed by atoms with E-state index >= 15 is 4.39 Å². The van der Waals surface area contributed by atoms with E-state index < -0.39 is 17.2 Å². The molecule has 1 aliphatic rings. The standard InChI is InChI=1S/C24H20F2N4O3/c1-28-13-17(24(32)33)23(31)20-16-6-7-18(26)22(21(16)27-12-19(20)28)30-10-8-29(9-11-30)15-4-2-14(25)3-5-15/h2-7,12-13H,8-11H2,1H3,(H,32,33). The summed E-state index contributed by atoms with van der Waals surface area (Å²) in [4.78, 5) is 33.0. The third kappa shape index (κ3) is 3.45. The first-order valence-electron chi connectivity index (χ1n) is 10.4. The number of nitrogens with zero attached hydrogens (tertiary/aromatic N) is 4. The number of carboxylic acid groups (broad SMARTS) is 1. The maximum atomic E-state index is 15.0. The number of carboxylic acids is 1. The minimum atomic E-state index is -1.32. The number of aromatic carboxylic acids is 1. The summed E-state index contributed by atoms with van der Waals surface area (Å²) in [5.41, 5.74) is 0.991. The summed E-state index contributed by atoms with van der Waals surface area (Å²) in [6, 6.07) is 9.02. The SMILES string of the molecule is Cn1cc(C(=O)O)c(=O)c2c3ccc(F)c(N4CCN(c5ccc(F)cc5)CC4)c3ncc21. The molecule has 1 N–H and O–H groups in total. The second-order valence-electron chi connectivity index (χ2n) is 8.05. The fourth-order valence-electron chi connectivity index (χ4n) is 4.47. The van der Waals surface area contributed by atoms with Gasteiger partial charge in [-0.1, -0.05) is 0 Å². The first kappa shape index (κ1) is 20.9. The molecule has 0 aliphatic carbocycles. The maximum absolute atomic E-state index is 15.0. The largest absolute Gasteiger partial charge is 0.477 e. The van der Waals surface area contributed by atoms with E-state index in [4.69, 9.17) is 0 Å². The molecule has 0 bridgehead atoms. The average Bonchev–Trinajstić information content (AvgIpc) is 2.81. The molecule has 0 atom stereocenters. The molecule has 1 saturated heterocycles. The van der Waals surface area contributed by atoms with E-state index in [-0.39, 0.29) is 22.5 Å². The molecule has 2 aromatic carbocycles. The highest BCUT2D eigenvalue weighted by Gasteiger charge is 2.24. The van der Waals surface area contributed by atoms with E-state index in [1.54, 1.807) is 19.2 Å². The molecule has 5 rings (SSSR count). The van der Waals surface area contributed by atoms with Crippen LogP contribution in [0.15, 0.2) is 53.6 Å². The number of piperazine rings is 1. The maximum Gasteiger partial charge on any atom is 0.341 e. The van der Waals surface area contributed by atoms with Gasteiger partial charge in [-0.05, 0) is 36.4 Å². The third-order valence-electron chi connectivity index (χ3n) is 6.14. The van der Waals surface area contributed by atoms with Crippen LogP contribution in [0.3, 0.4) is 0 Å². The van der Waals surface area contributed by atoms with Crippen LogP contribution in [0.25, 0.3) is 21.8 Å². The molecule has 0 saturated carbocycles. The molecule has 7 nitrogen and oxygen atoms in total. The summed E-state index contributed by atoms with van der Waals surface area (Å²) in [7, 11) is 1.64. The van der Waals surface area contributed by atoms with Crippen LogP contribution in [0.2, 0.25) is 0 Å². The molecule has 33 heavy (non-hydrogen) atoms. The van der Waals surface area contributed by atoms with Crippen LogP contribution in [-0.2, 0) is 7.05 Å². The molecule has 9 heteroatoms. The number of aryl methyl sites for hydroxylation is 1. The summed E-state index contributed by atoms with van der Waals surface area (Å²) in [5, 5.41) is 10.0. The summed E-state index contributed by atoms with van der Waals surface area (Å²) < 4.78 is 29.8. The second-order valence-corrected chi connectivity index (χ2v) is 8.05. The van der Waals surface area contributed by atoms with E-state index in [0.717, 1.165) is 5.69 Å². The minimum Gasteiger partial charge on any atom is -0.477 e. The number of rotatable bonds is 3. The minimum absolute atomic E-state index is 0.202. The molecule has 1 fully saturated rings. The van der Waals surface area contributed by atoms with Gasteiger partial charge >= 0.3 is 5.97 Å². The number of aromatic nitrogens is 2. The van der Waals surface area contributed by atoms with Crippen molar-refractivity contribution in [3.8, 4) is 0 Å². The molecule has 0 radical (unpaired) electrons. The van der Waals surface area contributed by atoms with Gasteiger partial charge in [0, 0.05) is 50.5 Å². The van der Waals surface area contributed by atoms with E-state index in [2.05, 4.69) is 9.88 Å². The highest BCUT2D eigenvalue weighted by atomic mass is 19.1. The normalized spacial score (nSPS) is 14.3. The molecule has 0 unspecified atom stereocenters. The fourth-order valence-corrected chi connectivity index (χ4v) is 4.47. The lowest BCUT2D eigenvalue weighted by molar-refractivity contribution is 0.0695. The molecule has 2 aromatic heterocycles. The van der Waals surface area contributed by atoms with Gasteiger partial charge in [-0.15, -0.1) is 0 Å². The Morgan fingerprint density at radius 1 is 1.00 bits per heavy atom. The zero-order valence-electron chi connectivity index (χ0n) is 17.8. The van der Waals surface area contributed by atoms with Gasteiger partial charge in [0.2, 0.25) is 5.43 Å². The van der Waals surface area contributed by atoms with Crippen molar-refractivity contribution in [2.75, 3.05) is 36.0 Å². The summed E-state index contributed by atoms with van der Waals surface area (Å²) in [6.07, 6.45) is 2.74. The van der Waals surface area contributed by atoms with Crippen LogP contribution >= 0.6 is 0 Å². The first-order chi connectivity index (χ1) is 15.8. The summed E-state index contributed by atoms with van der Waals surface area (Å²) in [6.45, 7) is 2.19.